The summed E-state index contributed by atoms with van der Waals surface area (Å²) >= 11 is 5.77. The minimum atomic E-state index is -0.586. The Hall–Kier alpha value is -1.53. The summed E-state index contributed by atoms with van der Waals surface area (Å²) in [5, 5.41) is 3.34. The van der Waals surface area contributed by atoms with Gasteiger partial charge in [-0.1, -0.05) is 32.4 Å². The van der Waals surface area contributed by atoms with Gasteiger partial charge in [0.15, 0.2) is 0 Å². The lowest BCUT2D eigenvalue weighted by molar-refractivity contribution is -0.119. The van der Waals surface area contributed by atoms with Gasteiger partial charge >= 0.3 is 0 Å². The summed E-state index contributed by atoms with van der Waals surface area (Å²) in [7, 11) is 0. The molecule has 0 bridgehead atoms. The predicted molar refractivity (Wildman–Crippen MR) is 106 cm³/mol. The molecule has 1 aromatic heterocycles. The standard InChI is InChI=1S/C17H20ClN3O2.2ClH/c1-17(2,3)15(19)16(22)21-12-5-7-13(8-6-12)23-14-9-4-11(18)10-20-14;;/h4-10,15H,19H2,1-3H3,(H,21,22);2*1H/t15-;;/m1../s1. The molecule has 138 valence electrons. The van der Waals surface area contributed by atoms with Gasteiger partial charge in [-0.05, 0) is 35.7 Å². The van der Waals surface area contributed by atoms with Crippen LogP contribution in [0.5, 0.6) is 11.6 Å². The van der Waals surface area contributed by atoms with Crippen LogP contribution in [0.4, 0.5) is 5.69 Å². The highest BCUT2D eigenvalue weighted by Crippen LogP contribution is 2.23. The first-order valence-electron chi connectivity index (χ1n) is 7.21. The molecule has 0 saturated carbocycles. The highest BCUT2D eigenvalue weighted by Gasteiger charge is 2.27. The van der Waals surface area contributed by atoms with Crippen molar-refractivity contribution >= 4 is 48.0 Å². The lowest BCUT2D eigenvalue weighted by atomic mass is 9.87. The normalized spacial score (nSPS) is 11.6. The Bertz CT molecular complexity index is 671. The summed E-state index contributed by atoms with van der Waals surface area (Å²) in [4.78, 5) is 16.1. The van der Waals surface area contributed by atoms with E-state index in [1.54, 1.807) is 36.4 Å². The zero-order valence-electron chi connectivity index (χ0n) is 14.2. The number of ether oxygens (including phenoxy) is 1. The quantitative estimate of drug-likeness (QED) is 0.772. The monoisotopic (exact) mass is 405 g/mol. The van der Waals surface area contributed by atoms with E-state index >= 15 is 0 Å². The maximum Gasteiger partial charge on any atom is 0.241 e. The molecular weight excluding hydrogens is 385 g/mol. The van der Waals surface area contributed by atoms with Crippen molar-refractivity contribution in [3.8, 4) is 11.6 Å². The molecule has 1 heterocycles. The fourth-order valence-electron chi connectivity index (χ4n) is 1.76. The number of carbonyl (C=O) groups is 1. The van der Waals surface area contributed by atoms with Gasteiger partial charge in [0, 0.05) is 18.0 Å². The van der Waals surface area contributed by atoms with Crippen molar-refractivity contribution in [2.75, 3.05) is 5.32 Å². The third kappa shape index (κ3) is 7.08. The van der Waals surface area contributed by atoms with Crippen LogP contribution >= 0.6 is 36.4 Å². The van der Waals surface area contributed by atoms with Gasteiger partial charge in [0.2, 0.25) is 11.8 Å². The molecule has 0 unspecified atom stereocenters. The highest BCUT2D eigenvalue weighted by atomic mass is 35.5. The number of anilines is 1. The molecule has 0 radical (unpaired) electrons. The molecule has 1 amide bonds. The average Bonchev–Trinajstić information content (AvgIpc) is 2.50. The van der Waals surface area contributed by atoms with Crippen molar-refractivity contribution in [2.24, 2.45) is 11.1 Å². The van der Waals surface area contributed by atoms with Crippen LogP contribution in [-0.4, -0.2) is 16.9 Å². The number of nitrogens with one attached hydrogen (secondary N) is 1. The van der Waals surface area contributed by atoms with E-state index in [2.05, 4.69) is 10.3 Å². The van der Waals surface area contributed by atoms with Gasteiger partial charge in [0.05, 0.1) is 11.1 Å². The molecule has 0 aliphatic carbocycles. The molecule has 0 saturated heterocycles. The maximum atomic E-state index is 12.1. The molecule has 8 heteroatoms. The summed E-state index contributed by atoms with van der Waals surface area (Å²) in [5.41, 5.74) is 6.29. The van der Waals surface area contributed by atoms with Crippen LogP contribution in [0.3, 0.4) is 0 Å². The van der Waals surface area contributed by atoms with E-state index in [0.29, 0.717) is 22.3 Å². The average molecular weight is 407 g/mol. The fraction of sp³-hybridized carbons (Fsp3) is 0.294. The van der Waals surface area contributed by atoms with Crippen molar-refractivity contribution in [3.63, 3.8) is 0 Å². The first-order valence-corrected chi connectivity index (χ1v) is 7.59. The van der Waals surface area contributed by atoms with Gasteiger partial charge in [0.25, 0.3) is 0 Å². The molecule has 2 rings (SSSR count). The van der Waals surface area contributed by atoms with Crippen LogP contribution in [-0.2, 0) is 4.79 Å². The minimum Gasteiger partial charge on any atom is -0.439 e. The first-order chi connectivity index (χ1) is 10.8. The van der Waals surface area contributed by atoms with Crippen LogP contribution in [0.2, 0.25) is 5.02 Å². The van der Waals surface area contributed by atoms with Gasteiger partial charge in [0.1, 0.15) is 5.75 Å². The Morgan fingerprint density at radius 1 is 1.16 bits per heavy atom. The number of carbonyl (C=O) groups excluding carboxylic acids is 1. The van der Waals surface area contributed by atoms with Crippen molar-refractivity contribution in [1.82, 2.24) is 4.98 Å². The van der Waals surface area contributed by atoms with Crippen LogP contribution < -0.4 is 15.8 Å². The Balaban J connectivity index is 0.00000288. The molecule has 0 spiro atoms. The topological polar surface area (TPSA) is 77.2 Å². The van der Waals surface area contributed by atoms with Gasteiger partial charge in [-0.2, -0.15) is 0 Å². The van der Waals surface area contributed by atoms with E-state index in [1.807, 2.05) is 20.8 Å². The number of nitrogens with two attached hydrogens (primary N) is 1. The molecule has 2 aromatic rings. The molecule has 3 N–H and O–H groups in total. The zero-order chi connectivity index (χ0) is 17.0. The van der Waals surface area contributed by atoms with E-state index in [0.717, 1.165) is 0 Å². The number of rotatable bonds is 4. The van der Waals surface area contributed by atoms with Gasteiger partial charge in [-0.15, -0.1) is 24.8 Å². The number of hydrogen-bond acceptors (Lipinski definition) is 4. The number of aromatic nitrogens is 1. The van der Waals surface area contributed by atoms with Gasteiger partial charge in [-0.25, -0.2) is 4.98 Å². The second kappa shape index (κ2) is 9.82. The largest absolute Gasteiger partial charge is 0.439 e. The van der Waals surface area contributed by atoms with Crippen molar-refractivity contribution in [3.05, 3.63) is 47.6 Å². The Morgan fingerprint density at radius 2 is 1.76 bits per heavy atom. The van der Waals surface area contributed by atoms with E-state index in [9.17, 15) is 4.79 Å². The third-order valence-electron chi connectivity index (χ3n) is 3.26. The van der Waals surface area contributed by atoms with Gasteiger partial charge in [-0.3, -0.25) is 4.79 Å². The fourth-order valence-corrected chi connectivity index (χ4v) is 1.87. The SMILES string of the molecule is CC(C)(C)[C@H](N)C(=O)Nc1ccc(Oc2ccc(Cl)cn2)cc1.Cl.Cl. The minimum absolute atomic E-state index is 0. The lowest BCUT2D eigenvalue weighted by Crippen LogP contribution is -2.45. The van der Waals surface area contributed by atoms with E-state index < -0.39 is 6.04 Å². The third-order valence-corrected chi connectivity index (χ3v) is 3.48. The Kier molecular flexibility index (Phi) is 9.22. The Labute approximate surface area is 165 Å². The van der Waals surface area contributed by atoms with Crippen LogP contribution in [0, 0.1) is 5.41 Å². The first kappa shape index (κ1) is 23.5. The van der Waals surface area contributed by atoms with Crippen LogP contribution in [0.25, 0.3) is 0 Å². The number of pyridine rings is 1. The summed E-state index contributed by atoms with van der Waals surface area (Å²) < 4.78 is 5.59. The molecule has 0 aliphatic heterocycles. The smallest absolute Gasteiger partial charge is 0.241 e. The second-order valence-electron chi connectivity index (χ2n) is 6.27. The molecular formula is C17H22Cl3N3O2. The van der Waals surface area contributed by atoms with Crippen LogP contribution in [0.15, 0.2) is 42.6 Å². The summed E-state index contributed by atoms with van der Waals surface area (Å²) in [6.45, 7) is 5.77. The highest BCUT2D eigenvalue weighted by molar-refractivity contribution is 6.30. The predicted octanol–water partition coefficient (Wildman–Crippen LogP) is 4.68. The van der Waals surface area contributed by atoms with Crippen molar-refractivity contribution in [1.29, 1.82) is 0 Å². The zero-order valence-corrected chi connectivity index (χ0v) is 16.5. The van der Waals surface area contributed by atoms with Gasteiger partial charge < -0.3 is 15.8 Å². The molecule has 0 fully saturated rings. The summed E-state index contributed by atoms with van der Waals surface area (Å²) in [6, 6.07) is 9.78. The molecule has 0 aliphatic rings. The molecule has 1 aromatic carbocycles. The number of halogens is 3. The maximum absolute atomic E-state index is 12.1. The molecule has 5 nitrogen and oxygen atoms in total. The van der Waals surface area contributed by atoms with E-state index in [4.69, 9.17) is 22.1 Å². The Morgan fingerprint density at radius 3 is 2.24 bits per heavy atom. The van der Waals surface area contributed by atoms with Crippen molar-refractivity contribution < 1.29 is 9.53 Å². The molecule has 25 heavy (non-hydrogen) atoms. The van der Waals surface area contributed by atoms with Crippen molar-refractivity contribution in [2.45, 2.75) is 26.8 Å². The number of amides is 1. The van der Waals surface area contributed by atoms with E-state index in [-0.39, 0.29) is 36.1 Å². The number of hydrogen-bond donors (Lipinski definition) is 2. The molecule has 1 atom stereocenters. The summed E-state index contributed by atoms with van der Waals surface area (Å²) in [6.07, 6.45) is 1.51. The second-order valence-corrected chi connectivity index (χ2v) is 6.71. The summed E-state index contributed by atoms with van der Waals surface area (Å²) in [5.74, 6) is 0.837. The van der Waals surface area contributed by atoms with Crippen LogP contribution in [0.1, 0.15) is 20.8 Å². The van der Waals surface area contributed by atoms with E-state index in [1.165, 1.54) is 6.20 Å². The number of nitrogens with zero attached hydrogens (tertiary/aromatic N) is 1. The lowest BCUT2D eigenvalue weighted by Gasteiger charge is -2.25. The number of benzene rings is 1.